The molecule has 0 saturated carbocycles. The molecular formula is C16H16ClNO3S. The van der Waals surface area contributed by atoms with E-state index in [0.29, 0.717) is 42.7 Å². The molecule has 22 heavy (non-hydrogen) atoms. The van der Waals surface area contributed by atoms with Crippen molar-refractivity contribution >= 4 is 28.8 Å². The van der Waals surface area contributed by atoms with Crippen molar-refractivity contribution in [3.05, 3.63) is 44.6 Å². The van der Waals surface area contributed by atoms with Gasteiger partial charge < -0.3 is 14.8 Å². The highest BCUT2D eigenvalue weighted by Crippen LogP contribution is 2.38. The van der Waals surface area contributed by atoms with E-state index < -0.39 is 0 Å². The van der Waals surface area contributed by atoms with Crippen LogP contribution in [0.1, 0.15) is 15.3 Å². The van der Waals surface area contributed by atoms with Gasteiger partial charge in [-0.25, -0.2) is 0 Å². The van der Waals surface area contributed by atoms with Crippen molar-refractivity contribution in [3.63, 3.8) is 0 Å². The maximum atomic E-state index is 12.0. The molecule has 2 aromatic rings. The normalized spacial score (nSPS) is 13.0. The van der Waals surface area contributed by atoms with Gasteiger partial charge in [0.15, 0.2) is 11.5 Å². The van der Waals surface area contributed by atoms with Crippen molar-refractivity contribution < 1.29 is 14.3 Å². The number of fused-ring (bicyclic) bond motifs is 1. The molecule has 0 radical (unpaired) electrons. The molecule has 0 atom stereocenters. The van der Waals surface area contributed by atoms with Gasteiger partial charge in [-0.1, -0.05) is 11.6 Å². The van der Waals surface area contributed by atoms with E-state index in [4.69, 9.17) is 21.1 Å². The Bertz CT molecular complexity index is 699. The van der Waals surface area contributed by atoms with E-state index in [2.05, 4.69) is 5.32 Å². The lowest BCUT2D eigenvalue weighted by molar-refractivity contribution is -0.120. The van der Waals surface area contributed by atoms with Crippen molar-refractivity contribution in [3.8, 4) is 11.5 Å². The summed E-state index contributed by atoms with van der Waals surface area (Å²) >= 11 is 7.82. The second-order valence-electron chi connectivity index (χ2n) is 5.07. The molecule has 1 aromatic heterocycles. The Morgan fingerprint density at radius 1 is 1.32 bits per heavy atom. The van der Waals surface area contributed by atoms with Crippen LogP contribution in [0, 0.1) is 6.92 Å². The zero-order valence-corrected chi connectivity index (χ0v) is 13.7. The fourth-order valence-electron chi connectivity index (χ4n) is 2.27. The number of thiophene rings is 1. The molecule has 1 aliphatic rings. The molecule has 1 N–H and O–H groups in total. The third-order valence-electron chi connectivity index (χ3n) is 3.28. The van der Waals surface area contributed by atoms with Gasteiger partial charge in [-0.15, -0.1) is 11.3 Å². The summed E-state index contributed by atoms with van der Waals surface area (Å²) in [7, 11) is 0. The van der Waals surface area contributed by atoms with Crippen molar-refractivity contribution in [2.45, 2.75) is 19.9 Å². The summed E-state index contributed by atoms with van der Waals surface area (Å²) in [6.07, 6.45) is 0.400. The van der Waals surface area contributed by atoms with Gasteiger partial charge in [0.25, 0.3) is 0 Å². The number of aryl methyl sites for hydroxylation is 1. The van der Waals surface area contributed by atoms with Gasteiger partial charge in [-0.2, -0.15) is 0 Å². The van der Waals surface area contributed by atoms with Crippen molar-refractivity contribution in [2.75, 3.05) is 13.2 Å². The summed E-state index contributed by atoms with van der Waals surface area (Å²) < 4.78 is 11.0. The molecule has 1 amide bonds. The lowest BCUT2D eigenvalue weighted by Gasteiger charge is -2.20. The zero-order valence-electron chi connectivity index (χ0n) is 12.1. The molecule has 1 aliphatic heterocycles. The number of nitrogens with one attached hydrogen (secondary N) is 1. The summed E-state index contributed by atoms with van der Waals surface area (Å²) in [4.78, 5) is 14.2. The first-order valence-electron chi connectivity index (χ1n) is 7.02. The minimum Gasteiger partial charge on any atom is -0.486 e. The van der Waals surface area contributed by atoms with Crippen LogP contribution in [0.15, 0.2) is 24.3 Å². The summed E-state index contributed by atoms with van der Waals surface area (Å²) in [5.41, 5.74) is 0.893. The van der Waals surface area contributed by atoms with E-state index in [1.54, 1.807) is 17.4 Å². The monoisotopic (exact) mass is 337 g/mol. The first kappa shape index (κ1) is 15.2. The zero-order chi connectivity index (χ0) is 15.5. The van der Waals surface area contributed by atoms with Gasteiger partial charge in [0.05, 0.1) is 11.4 Å². The maximum Gasteiger partial charge on any atom is 0.225 e. The largest absolute Gasteiger partial charge is 0.486 e. The third kappa shape index (κ3) is 3.54. The number of benzene rings is 1. The smallest absolute Gasteiger partial charge is 0.225 e. The van der Waals surface area contributed by atoms with Crippen molar-refractivity contribution in [1.82, 2.24) is 5.32 Å². The topological polar surface area (TPSA) is 47.6 Å². The number of amides is 1. The molecule has 0 spiro atoms. The van der Waals surface area contributed by atoms with Crippen LogP contribution in [0.2, 0.25) is 5.02 Å². The van der Waals surface area contributed by atoms with E-state index in [-0.39, 0.29) is 5.91 Å². The Hall–Kier alpha value is -1.72. The molecule has 3 rings (SSSR count). The van der Waals surface area contributed by atoms with Gasteiger partial charge in [0.2, 0.25) is 5.91 Å². The molecule has 1 aromatic carbocycles. The first-order valence-corrected chi connectivity index (χ1v) is 8.21. The van der Waals surface area contributed by atoms with Crippen LogP contribution in [0.25, 0.3) is 0 Å². The molecule has 6 heteroatoms. The Labute approximate surface area is 138 Å². The van der Waals surface area contributed by atoms with Crippen LogP contribution in [-0.4, -0.2) is 19.1 Å². The molecule has 0 aliphatic carbocycles. The second-order valence-corrected chi connectivity index (χ2v) is 6.85. The fraction of sp³-hybridized carbons (Fsp3) is 0.312. The Balaban J connectivity index is 1.61. The van der Waals surface area contributed by atoms with E-state index in [1.165, 1.54) is 4.88 Å². The number of hydrogen-bond acceptors (Lipinski definition) is 4. The summed E-state index contributed by atoms with van der Waals surface area (Å²) in [5, 5.41) is 3.41. The van der Waals surface area contributed by atoms with E-state index in [1.807, 2.05) is 25.1 Å². The number of hydrogen-bond donors (Lipinski definition) is 1. The SMILES string of the molecule is Cc1ccc(CC(=O)NCc2cc(Cl)c3c(c2)OCCO3)s1. The predicted molar refractivity (Wildman–Crippen MR) is 87.0 cm³/mol. The summed E-state index contributed by atoms with van der Waals surface area (Å²) in [5.74, 6) is 1.21. The predicted octanol–water partition coefficient (Wildman–Crippen LogP) is 3.34. The molecule has 0 fully saturated rings. The molecule has 2 heterocycles. The van der Waals surface area contributed by atoms with E-state index >= 15 is 0 Å². The number of carbonyl (C=O) groups excluding carboxylic acids is 1. The Kier molecular flexibility index (Phi) is 4.55. The van der Waals surface area contributed by atoms with Crippen molar-refractivity contribution in [2.24, 2.45) is 0 Å². The number of rotatable bonds is 4. The van der Waals surface area contributed by atoms with Crippen LogP contribution in [0.4, 0.5) is 0 Å². The van der Waals surface area contributed by atoms with Gasteiger partial charge in [-0.05, 0) is 36.8 Å². The highest BCUT2D eigenvalue weighted by Gasteiger charge is 2.16. The minimum absolute atomic E-state index is 0.00661. The average Bonchev–Trinajstić information content (AvgIpc) is 2.90. The van der Waals surface area contributed by atoms with Crippen LogP contribution >= 0.6 is 22.9 Å². The molecule has 0 saturated heterocycles. The highest BCUT2D eigenvalue weighted by molar-refractivity contribution is 7.12. The van der Waals surface area contributed by atoms with Gasteiger partial charge in [0.1, 0.15) is 13.2 Å². The van der Waals surface area contributed by atoms with E-state index in [0.717, 1.165) is 10.4 Å². The van der Waals surface area contributed by atoms with Crippen LogP contribution in [-0.2, 0) is 17.8 Å². The van der Waals surface area contributed by atoms with Gasteiger partial charge in [-0.3, -0.25) is 4.79 Å². The molecule has 0 unspecified atom stereocenters. The lowest BCUT2D eigenvalue weighted by atomic mass is 10.2. The lowest BCUT2D eigenvalue weighted by Crippen LogP contribution is -2.24. The Morgan fingerprint density at radius 3 is 2.91 bits per heavy atom. The van der Waals surface area contributed by atoms with Crippen LogP contribution in [0.5, 0.6) is 11.5 Å². The van der Waals surface area contributed by atoms with E-state index in [9.17, 15) is 4.79 Å². The fourth-order valence-corrected chi connectivity index (χ4v) is 3.44. The van der Waals surface area contributed by atoms with Crippen LogP contribution < -0.4 is 14.8 Å². The molecule has 4 nitrogen and oxygen atoms in total. The highest BCUT2D eigenvalue weighted by atomic mass is 35.5. The standard InChI is InChI=1S/C16H16ClNO3S/c1-10-2-3-12(22-10)8-15(19)18-9-11-6-13(17)16-14(7-11)20-4-5-21-16/h2-3,6-7H,4-5,8-9H2,1H3,(H,18,19). The summed E-state index contributed by atoms with van der Waals surface area (Å²) in [6.45, 7) is 3.46. The molecule has 116 valence electrons. The number of ether oxygens (including phenoxy) is 2. The first-order chi connectivity index (χ1) is 10.6. The average molecular weight is 338 g/mol. The molecule has 0 bridgehead atoms. The quantitative estimate of drug-likeness (QED) is 0.930. The maximum absolute atomic E-state index is 12.0. The van der Waals surface area contributed by atoms with Gasteiger partial charge >= 0.3 is 0 Å². The number of halogens is 1. The second kappa shape index (κ2) is 6.58. The van der Waals surface area contributed by atoms with Crippen LogP contribution in [0.3, 0.4) is 0 Å². The van der Waals surface area contributed by atoms with Crippen molar-refractivity contribution in [1.29, 1.82) is 0 Å². The van der Waals surface area contributed by atoms with Gasteiger partial charge in [0, 0.05) is 16.3 Å². The Morgan fingerprint density at radius 2 is 2.14 bits per heavy atom. The number of carbonyl (C=O) groups is 1. The summed E-state index contributed by atoms with van der Waals surface area (Å²) in [6, 6.07) is 7.66. The minimum atomic E-state index is -0.00661. The molecular weight excluding hydrogens is 322 g/mol. The third-order valence-corrected chi connectivity index (χ3v) is 4.56.